The van der Waals surface area contributed by atoms with Crippen molar-refractivity contribution in [2.75, 3.05) is 25.2 Å². The van der Waals surface area contributed by atoms with Crippen LogP contribution in [-0.4, -0.2) is 49.2 Å². The number of hydrogen-bond acceptors (Lipinski definition) is 4. The zero-order chi connectivity index (χ0) is 20.4. The van der Waals surface area contributed by atoms with Crippen molar-refractivity contribution in [3.8, 4) is 11.5 Å². The SMILES string of the molecule is C=C1C[C@H]2C(C)N(C(C)CC)c3cc(OCCCC)c(OC)cc3C(=O)N2C1. The number of benzene rings is 1. The minimum atomic E-state index is 0.0645. The number of rotatable bonds is 7. The van der Waals surface area contributed by atoms with Crippen molar-refractivity contribution in [3.63, 3.8) is 0 Å². The molecule has 0 bridgehead atoms. The van der Waals surface area contributed by atoms with Crippen LogP contribution in [0.25, 0.3) is 0 Å². The van der Waals surface area contributed by atoms with Gasteiger partial charge in [-0.3, -0.25) is 4.79 Å². The molecule has 0 N–H and O–H groups in total. The maximum absolute atomic E-state index is 13.5. The van der Waals surface area contributed by atoms with Crippen LogP contribution in [0.2, 0.25) is 0 Å². The monoisotopic (exact) mass is 386 g/mol. The van der Waals surface area contributed by atoms with E-state index < -0.39 is 0 Å². The van der Waals surface area contributed by atoms with Gasteiger partial charge in [-0.15, -0.1) is 0 Å². The molecular weight excluding hydrogens is 352 g/mol. The molecule has 0 spiro atoms. The number of hydrogen-bond donors (Lipinski definition) is 0. The summed E-state index contributed by atoms with van der Waals surface area (Å²) in [5.74, 6) is 1.40. The second kappa shape index (κ2) is 8.46. The van der Waals surface area contributed by atoms with Gasteiger partial charge in [0.25, 0.3) is 5.91 Å². The predicted molar refractivity (Wildman–Crippen MR) is 114 cm³/mol. The number of amides is 1. The third-order valence-corrected chi connectivity index (χ3v) is 6.16. The number of unbranched alkanes of at least 4 members (excludes halogenated alkanes) is 1. The number of fused-ring (bicyclic) bond motifs is 2. The largest absolute Gasteiger partial charge is 0.493 e. The highest BCUT2D eigenvalue weighted by atomic mass is 16.5. The third-order valence-electron chi connectivity index (χ3n) is 6.16. The summed E-state index contributed by atoms with van der Waals surface area (Å²) in [7, 11) is 1.63. The van der Waals surface area contributed by atoms with Gasteiger partial charge in [0.05, 0.1) is 31.0 Å². The van der Waals surface area contributed by atoms with Crippen LogP contribution in [0, 0.1) is 0 Å². The summed E-state index contributed by atoms with van der Waals surface area (Å²) < 4.78 is 11.6. The zero-order valence-electron chi connectivity index (χ0n) is 18.0. The first-order valence-electron chi connectivity index (χ1n) is 10.5. The molecule has 0 radical (unpaired) electrons. The van der Waals surface area contributed by atoms with Crippen LogP contribution in [0.1, 0.15) is 63.7 Å². The highest BCUT2D eigenvalue weighted by molar-refractivity contribution is 6.02. The van der Waals surface area contributed by atoms with E-state index >= 15 is 0 Å². The fraction of sp³-hybridized carbons (Fsp3) is 0.609. The Morgan fingerprint density at radius 1 is 1.29 bits per heavy atom. The van der Waals surface area contributed by atoms with E-state index in [1.807, 2.05) is 17.0 Å². The molecule has 2 heterocycles. The first-order valence-corrected chi connectivity index (χ1v) is 10.5. The first-order chi connectivity index (χ1) is 13.4. The Hall–Kier alpha value is -2.17. The molecule has 0 saturated carbocycles. The fourth-order valence-corrected chi connectivity index (χ4v) is 4.41. The third kappa shape index (κ3) is 3.59. The summed E-state index contributed by atoms with van der Waals surface area (Å²) in [6, 6.07) is 4.55. The Kier molecular flexibility index (Phi) is 6.21. The maximum Gasteiger partial charge on any atom is 0.256 e. The minimum Gasteiger partial charge on any atom is -0.493 e. The van der Waals surface area contributed by atoms with Gasteiger partial charge in [0.2, 0.25) is 0 Å². The molecule has 2 aliphatic rings. The summed E-state index contributed by atoms with van der Waals surface area (Å²) in [4.78, 5) is 17.9. The standard InChI is InChI=1S/C23H34N2O3/c1-7-9-10-28-22-13-20-18(12-21(22)27-6)23(26)24-14-15(3)11-19(24)17(5)25(20)16(4)8-2/h12-13,16-17,19H,3,7-11,14H2,1-2,4-6H3/t16?,17?,19-/m0/s1. The topological polar surface area (TPSA) is 42.0 Å². The van der Waals surface area contributed by atoms with Crippen LogP contribution in [0.15, 0.2) is 24.3 Å². The molecule has 1 amide bonds. The van der Waals surface area contributed by atoms with Crippen LogP contribution < -0.4 is 14.4 Å². The molecule has 154 valence electrons. The molecule has 2 unspecified atom stereocenters. The van der Waals surface area contributed by atoms with Gasteiger partial charge in [0.15, 0.2) is 11.5 Å². The van der Waals surface area contributed by atoms with Gasteiger partial charge in [0, 0.05) is 24.7 Å². The van der Waals surface area contributed by atoms with Gasteiger partial charge in [-0.25, -0.2) is 0 Å². The smallest absolute Gasteiger partial charge is 0.256 e. The predicted octanol–water partition coefficient (Wildman–Crippen LogP) is 4.65. The van der Waals surface area contributed by atoms with E-state index in [4.69, 9.17) is 9.47 Å². The minimum absolute atomic E-state index is 0.0645. The zero-order valence-corrected chi connectivity index (χ0v) is 18.0. The molecule has 1 aromatic carbocycles. The second-order valence-electron chi connectivity index (χ2n) is 8.08. The molecule has 5 heteroatoms. The molecule has 1 aromatic rings. The van der Waals surface area contributed by atoms with Crippen LogP contribution >= 0.6 is 0 Å². The lowest BCUT2D eigenvalue weighted by molar-refractivity contribution is 0.0731. The Bertz CT molecular complexity index is 746. The second-order valence-corrected chi connectivity index (χ2v) is 8.08. The molecule has 0 aromatic heterocycles. The quantitative estimate of drug-likeness (QED) is 0.505. The van der Waals surface area contributed by atoms with Crippen molar-refractivity contribution < 1.29 is 14.3 Å². The van der Waals surface area contributed by atoms with Crippen LogP contribution in [0.5, 0.6) is 11.5 Å². The lowest BCUT2D eigenvalue weighted by atomic mass is 10.0. The summed E-state index contributed by atoms with van der Waals surface area (Å²) >= 11 is 0. The van der Waals surface area contributed by atoms with Crippen molar-refractivity contribution in [2.45, 2.75) is 71.5 Å². The first kappa shape index (κ1) is 20.6. The summed E-state index contributed by atoms with van der Waals surface area (Å²) in [5.41, 5.74) is 2.78. The van der Waals surface area contributed by atoms with Gasteiger partial charge in [-0.2, -0.15) is 0 Å². The number of methoxy groups -OCH3 is 1. The van der Waals surface area contributed by atoms with Crippen LogP contribution in [-0.2, 0) is 0 Å². The number of ether oxygens (including phenoxy) is 2. The molecule has 0 aliphatic carbocycles. The highest BCUT2D eigenvalue weighted by Crippen LogP contribution is 2.42. The Balaban J connectivity index is 2.12. The molecule has 1 fully saturated rings. The summed E-state index contributed by atoms with van der Waals surface area (Å²) in [6.45, 7) is 14.2. The van der Waals surface area contributed by atoms with Crippen molar-refractivity contribution >= 4 is 11.6 Å². The summed E-state index contributed by atoms with van der Waals surface area (Å²) in [6.07, 6.45) is 3.93. The molecule has 28 heavy (non-hydrogen) atoms. The van der Waals surface area contributed by atoms with E-state index in [9.17, 15) is 4.79 Å². The average molecular weight is 387 g/mol. The van der Waals surface area contributed by atoms with Gasteiger partial charge < -0.3 is 19.3 Å². The number of anilines is 1. The van der Waals surface area contributed by atoms with E-state index in [2.05, 4.69) is 39.2 Å². The maximum atomic E-state index is 13.5. The van der Waals surface area contributed by atoms with Gasteiger partial charge in [-0.05, 0) is 39.2 Å². The van der Waals surface area contributed by atoms with E-state index in [-0.39, 0.29) is 18.0 Å². The van der Waals surface area contributed by atoms with Crippen molar-refractivity contribution in [1.29, 1.82) is 0 Å². The van der Waals surface area contributed by atoms with Gasteiger partial charge >= 0.3 is 0 Å². The van der Waals surface area contributed by atoms with Crippen LogP contribution in [0.4, 0.5) is 5.69 Å². The Labute approximate surface area is 169 Å². The van der Waals surface area contributed by atoms with E-state index in [1.54, 1.807) is 7.11 Å². The molecule has 3 rings (SSSR count). The summed E-state index contributed by atoms with van der Waals surface area (Å²) in [5, 5.41) is 0. The molecule has 1 saturated heterocycles. The van der Waals surface area contributed by atoms with Crippen molar-refractivity contribution in [3.05, 3.63) is 29.8 Å². The molecular formula is C23H34N2O3. The molecule has 3 atom stereocenters. The molecule has 5 nitrogen and oxygen atoms in total. The lowest BCUT2D eigenvalue weighted by Gasteiger charge is -2.39. The number of nitrogens with zero attached hydrogens (tertiary/aromatic N) is 2. The van der Waals surface area contributed by atoms with Crippen molar-refractivity contribution in [2.24, 2.45) is 0 Å². The molecule has 2 aliphatic heterocycles. The van der Waals surface area contributed by atoms with Crippen LogP contribution in [0.3, 0.4) is 0 Å². The Morgan fingerprint density at radius 3 is 2.68 bits per heavy atom. The fourth-order valence-electron chi connectivity index (χ4n) is 4.41. The number of carbonyl (C=O) groups excluding carboxylic acids is 1. The van der Waals surface area contributed by atoms with Crippen molar-refractivity contribution in [1.82, 2.24) is 4.90 Å². The Morgan fingerprint density at radius 2 is 2.04 bits per heavy atom. The van der Waals surface area contributed by atoms with E-state index in [1.165, 1.54) is 0 Å². The lowest BCUT2D eigenvalue weighted by Crippen LogP contribution is -2.49. The van der Waals surface area contributed by atoms with E-state index in [0.29, 0.717) is 30.5 Å². The normalized spacial score (nSPS) is 22.6. The van der Waals surface area contributed by atoms with Gasteiger partial charge in [0.1, 0.15) is 0 Å². The van der Waals surface area contributed by atoms with Gasteiger partial charge in [-0.1, -0.05) is 32.4 Å². The highest BCUT2D eigenvalue weighted by Gasteiger charge is 2.43. The van der Waals surface area contributed by atoms with E-state index in [0.717, 1.165) is 42.7 Å². The number of carbonyl (C=O) groups is 1. The average Bonchev–Trinajstić information content (AvgIpc) is 3.06.